The van der Waals surface area contributed by atoms with Gasteiger partial charge < -0.3 is 5.73 Å². The van der Waals surface area contributed by atoms with Crippen molar-refractivity contribution in [2.45, 2.75) is 71.4 Å². The summed E-state index contributed by atoms with van der Waals surface area (Å²) in [5, 5.41) is 0. The van der Waals surface area contributed by atoms with Crippen LogP contribution in [-0.4, -0.2) is 17.5 Å². The lowest BCUT2D eigenvalue weighted by Gasteiger charge is -2.34. The molecule has 2 nitrogen and oxygen atoms in total. The molecule has 1 aliphatic rings. The van der Waals surface area contributed by atoms with Gasteiger partial charge >= 0.3 is 0 Å². The van der Waals surface area contributed by atoms with Gasteiger partial charge in [0.15, 0.2) is 0 Å². The Kier molecular flexibility index (Phi) is 5.90. The lowest BCUT2D eigenvalue weighted by molar-refractivity contribution is 0.179. The number of nitrogen functional groups attached to an aromatic ring is 1. The lowest BCUT2D eigenvalue weighted by atomic mass is 9.96. The Morgan fingerprint density at radius 1 is 1.20 bits per heavy atom. The second kappa shape index (κ2) is 7.68. The number of nitrogens with two attached hydrogens (primary N) is 1. The molecule has 2 rings (SSSR count). The number of benzene rings is 1. The van der Waals surface area contributed by atoms with Crippen molar-refractivity contribution in [3.8, 4) is 0 Å². The minimum atomic E-state index is 0.700. The Morgan fingerprint density at radius 3 is 2.80 bits per heavy atom. The van der Waals surface area contributed by atoms with Crippen molar-refractivity contribution < 1.29 is 0 Å². The molecule has 1 unspecified atom stereocenters. The fraction of sp³-hybridized carbons (Fsp3) is 0.667. The number of hydrogen-bond donors (Lipinski definition) is 1. The molecule has 0 saturated heterocycles. The number of unbranched alkanes of at least 4 members (excludes halogenated alkanes) is 4. The van der Waals surface area contributed by atoms with Crippen molar-refractivity contribution in [2.24, 2.45) is 0 Å². The van der Waals surface area contributed by atoms with Gasteiger partial charge in [-0.05, 0) is 37.0 Å². The molecule has 1 aromatic rings. The second-order valence-corrected chi connectivity index (χ2v) is 6.26. The molecular formula is C18H30N2. The molecule has 2 heteroatoms. The van der Waals surface area contributed by atoms with Gasteiger partial charge in [-0.15, -0.1) is 0 Å². The van der Waals surface area contributed by atoms with E-state index in [1.165, 1.54) is 49.7 Å². The van der Waals surface area contributed by atoms with Gasteiger partial charge in [0.05, 0.1) is 0 Å². The molecule has 20 heavy (non-hydrogen) atoms. The number of fused-ring (bicyclic) bond motifs is 1. The first-order valence-corrected chi connectivity index (χ1v) is 8.32. The van der Waals surface area contributed by atoms with Gasteiger partial charge in [-0.25, -0.2) is 0 Å². The largest absolute Gasteiger partial charge is 0.398 e. The normalized spacial score (nSPS) is 16.9. The van der Waals surface area contributed by atoms with Gasteiger partial charge in [-0.1, -0.05) is 51.2 Å². The molecule has 0 spiro atoms. The van der Waals surface area contributed by atoms with Crippen LogP contribution >= 0.6 is 0 Å². The summed E-state index contributed by atoms with van der Waals surface area (Å²) >= 11 is 0. The van der Waals surface area contributed by atoms with E-state index in [0.29, 0.717) is 6.04 Å². The minimum absolute atomic E-state index is 0.700. The molecule has 1 aromatic carbocycles. The first kappa shape index (κ1) is 15.4. The smallest absolute Gasteiger partial charge is 0.0350 e. The summed E-state index contributed by atoms with van der Waals surface area (Å²) in [5.74, 6) is 0. The molecule has 0 fully saturated rings. The maximum atomic E-state index is 6.07. The first-order chi connectivity index (χ1) is 9.72. The zero-order valence-electron chi connectivity index (χ0n) is 13.2. The van der Waals surface area contributed by atoms with Gasteiger partial charge in [0.25, 0.3) is 0 Å². The van der Waals surface area contributed by atoms with Crippen LogP contribution in [0.5, 0.6) is 0 Å². The molecule has 0 aliphatic carbocycles. The molecule has 0 bridgehead atoms. The van der Waals surface area contributed by atoms with Crippen LogP contribution in [-0.2, 0) is 13.0 Å². The Bertz CT molecular complexity index is 414. The fourth-order valence-electron chi connectivity index (χ4n) is 3.26. The third-order valence-electron chi connectivity index (χ3n) is 4.68. The average molecular weight is 274 g/mol. The van der Waals surface area contributed by atoms with Crippen molar-refractivity contribution in [2.75, 3.05) is 12.3 Å². The highest BCUT2D eigenvalue weighted by atomic mass is 15.2. The monoisotopic (exact) mass is 274 g/mol. The summed E-state index contributed by atoms with van der Waals surface area (Å²) in [7, 11) is 0. The van der Waals surface area contributed by atoms with E-state index in [-0.39, 0.29) is 0 Å². The van der Waals surface area contributed by atoms with Crippen molar-refractivity contribution >= 4 is 5.69 Å². The molecule has 0 radical (unpaired) electrons. The standard InChI is InChI=1S/C18H30N2/c1-3-4-5-6-7-9-15(2)20-13-12-17-16(14-20)10-8-11-18(17)19/h8,10-11,15H,3-7,9,12-14,19H2,1-2H3. The van der Waals surface area contributed by atoms with E-state index in [2.05, 4.69) is 30.9 Å². The van der Waals surface area contributed by atoms with Crippen molar-refractivity contribution in [1.29, 1.82) is 0 Å². The molecule has 112 valence electrons. The van der Waals surface area contributed by atoms with Crippen molar-refractivity contribution in [3.05, 3.63) is 29.3 Å². The molecule has 1 atom stereocenters. The minimum Gasteiger partial charge on any atom is -0.398 e. The number of hydrogen-bond acceptors (Lipinski definition) is 2. The topological polar surface area (TPSA) is 29.3 Å². The summed E-state index contributed by atoms with van der Waals surface area (Å²) in [4.78, 5) is 2.63. The van der Waals surface area contributed by atoms with E-state index in [1.807, 2.05) is 6.07 Å². The predicted molar refractivity (Wildman–Crippen MR) is 87.8 cm³/mol. The van der Waals surface area contributed by atoms with Crippen LogP contribution in [0.25, 0.3) is 0 Å². The summed E-state index contributed by atoms with van der Waals surface area (Å²) in [6.45, 7) is 6.91. The third kappa shape index (κ3) is 3.99. The summed E-state index contributed by atoms with van der Waals surface area (Å²) < 4.78 is 0. The van der Waals surface area contributed by atoms with E-state index in [4.69, 9.17) is 5.73 Å². The number of anilines is 1. The summed E-state index contributed by atoms with van der Waals surface area (Å²) in [5.41, 5.74) is 9.88. The molecule has 0 saturated carbocycles. The fourth-order valence-corrected chi connectivity index (χ4v) is 3.26. The summed E-state index contributed by atoms with van der Waals surface area (Å²) in [6.07, 6.45) is 9.35. The van der Waals surface area contributed by atoms with Crippen LogP contribution < -0.4 is 5.73 Å². The number of rotatable bonds is 7. The van der Waals surface area contributed by atoms with E-state index < -0.39 is 0 Å². The van der Waals surface area contributed by atoms with Crippen LogP contribution in [0.3, 0.4) is 0 Å². The highest BCUT2D eigenvalue weighted by Crippen LogP contribution is 2.26. The first-order valence-electron chi connectivity index (χ1n) is 8.32. The zero-order valence-corrected chi connectivity index (χ0v) is 13.2. The summed E-state index contributed by atoms with van der Waals surface area (Å²) in [6, 6.07) is 7.07. The quantitative estimate of drug-likeness (QED) is 0.590. The van der Waals surface area contributed by atoms with E-state index >= 15 is 0 Å². The molecule has 0 aromatic heterocycles. The average Bonchev–Trinajstić information content (AvgIpc) is 2.47. The predicted octanol–water partition coefficient (Wildman–Crippen LogP) is 4.38. The van der Waals surface area contributed by atoms with Gasteiger partial charge in [-0.3, -0.25) is 4.90 Å². The van der Waals surface area contributed by atoms with Gasteiger partial charge in [0.1, 0.15) is 0 Å². The van der Waals surface area contributed by atoms with E-state index in [0.717, 1.165) is 25.2 Å². The second-order valence-electron chi connectivity index (χ2n) is 6.26. The highest BCUT2D eigenvalue weighted by Gasteiger charge is 2.21. The van der Waals surface area contributed by atoms with Crippen molar-refractivity contribution in [3.63, 3.8) is 0 Å². The van der Waals surface area contributed by atoms with Crippen LogP contribution in [0.4, 0.5) is 5.69 Å². The van der Waals surface area contributed by atoms with Crippen LogP contribution in [0, 0.1) is 0 Å². The van der Waals surface area contributed by atoms with Gasteiger partial charge in [0, 0.05) is 24.8 Å². The Morgan fingerprint density at radius 2 is 2.00 bits per heavy atom. The highest BCUT2D eigenvalue weighted by molar-refractivity contribution is 5.51. The Labute approximate surface area is 124 Å². The Balaban J connectivity index is 1.80. The maximum Gasteiger partial charge on any atom is 0.0350 e. The molecular weight excluding hydrogens is 244 g/mol. The molecule has 1 heterocycles. The van der Waals surface area contributed by atoms with Crippen LogP contribution in [0.2, 0.25) is 0 Å². The van der Waals surface area contributed by atoms with E-state index in [1.54, 1.807) is 0 Å². The zero-order chi connectivity index (χ0) is 14.4. The van der Waals surface area contributed by atoms with Crippen molar-refractivity contribution in [1.82, 2.24) is 4.90 Å². The number of nitrogens with zero attached hydrogens (tertiary/aromatic N) is 1. The third-order valence-corrected chi connectivity index (χ3v) is 4.68. The van der Waals surface area contributed by atoms with Gasteiger partial charge in [0.2, 0.25) is 0 Å². The molecule has 0 amide bonds. The van der Waals surface area contributed by atoms with Crippen LogP contribution in [0.15, 0.2) is 18.2 Å². The molecule has 1 aliphatic heterocycles. The van der Waals surface area contributed by atoms with Gasteiger partial charge in [-0.2, -0.15) is 0 Å². The lowest BCUT2D eigenvalue weighted by Crippen LogP contribution is -2.37. The Hall–Kier alpha value is -1.02. The van der Waals surface area contributed by atoms with Crippen LogP contribution in [0.1, 0.15) is 63.5 Å². The maximum absolute atomic E-state index is 6.07. The SMILES string of the molecule is CCCCCCCC(C)N1CCc2c(N)cccc2C1. The van der Waals surface area contributed by atoms with E-state index in [9.17, 15) is 0 Å². The molecule has 2 N–H and O–H groups in total.